The normalized spacial score (nSPS) is 12.6. The predicted octanol–water partition coefficient (Wildman–Crippen LogP) is 2.65. The second-order valence-corrected chi connectivity index (χ2v) is 7.94. The smallest absolute Gasteiger partial charge is 0.240 e. The number of carbonyl (C=O) groups excluding carboxylic acids is 1. The third-order valence-electron chi connectivity index (χ3n) is 3.74. The second-order valence-electron chi connectivity index (χ2n) is 5.61. The Bertz CT molecular complexity index is 742. The number of benzene rings is 2. The molecular formula is C18H21NO3S. The zero-order valence-electron chi connectivity index (χ0n) is 13.3. The predicted molar refractivity (Wildman–Crippen MR) is 91.4 cm³/mol. The highest BCUT2D eigenvalue weighted by Crippen LogP contribution is 2.14. The standard InChI is InChI=1S/C18H21NO3S/c1-15(23(21,22)14-17-11-7-4-8-12-17)18(20)19(2)13-16-9-5-3-6-10-16/h3-12,15H,13-14H2,1-2H3/t15-/m0/s1. The Balaban J connectivity index is 2.05. The van der Waals surface area contributed by atoms with Crippen molar-refractivity contribution in [3.63, 3.8) is 0 Å². The number of rotatable bonds is 6. The molecule has 5 heteroatoms. The maximum absolute atomic E-state index is 12.5. The van der Waals surface area contributed by atoms with Crippen LogP contribution in [0.1, 0.15) is 18.1 Å². The van der Waals surface area contributed by atoms with Gasteiger partial charge in [-0.25, -0.2) is 8.42 Å². The quantitative estimate of drug-likeness (QED) is 0.818. The van der Waals surface area contributed by atoms with Crippen LogP contribution in [0.25, 0.3) is 0 Å². The molecule has 0 heterocycles. The Kier molecular flexibility index (Phi) is 5.55. The van der Waals surface area contributed by atoms with Gasteiger partial charge >= 0.3 is 0 Å². The SMILES string of the molecule is C[C@@H](C(=O)N(C)Cc1ccccc1)S(=O)(=O)Cc1ccccc1. The van der Waals surface area contributed by atoms with Crippen LogP contribution in [-0.4, -0.2) is 31.5 Å². The summed E-state index contributed by atoms with van der Waals surface area (Å²) in [6, 6.07) is 18.4. The van der Waals surface area contributed by atoms with E-state index < -0.39 is 15.1 Å². The minimum atomic E-state index is -3.54. The van der Waals surface area contributed by atoms with E-state index in [1.54, 1.807) is 31.3 Å². The molecule has 1 atom stereocenters. The molecule has 0 spiro atoms. The van der Waals surface area contributed by atoms with E-state index in [0.717, 1.165) is 5.56 Å². The van der Waals surface area contributed by atoms with Crippen molar-refractivity contribution in [2.45, 2.75) is 24.5 Å². The summed E-state index contributed by atoms with van der Waals surface area (Å²) < 4.78 is 24.9. The van der Waals surface area contributed by atoms with Crippen LogP contribution in [0.15, 0.2) is 60.7 Å². The molecule has 0 radical (unpaired) electrons. The van der Waals surface area contributed by atoms with Gasteiger partial charge in [-0.2, -0.15) is 0 Å². The maximum Gasteiger partial charge on any atom is 0.240 e. The van der Waals surface area contributed by atoms with Crippen LogP contribution in [0.5, 0.6) is 0 Å². The second kappa shape index (κ2) is 7.42. The largest absolute Gasteiger partial charge is 0.340 e. The lowest BCUT2D eigenvalue weighted by atomic mass is 10.2. The van der Waals surface area contributed by atoms with Crippen LogP contribution < -0.4 is 0 Å². The number of hydrogen-bond donors (Lipinski definition) is 0. The highest BCUT2D eigenvalue weighted by Gasteiger charge is 2.30. The van der Waals surface area contributed by atoms with Gasteiger partial charge in [-0.15, -0.1) is 0 Å². The van der Waals surface area contributed by atoms with E-state index in [0.29, 0.717) is 12.1 Å². The van der Waals surface area contributed by atoms with Crippen molar-refractivity contribution >= 4 is 15.7 Å². The summed E-state index contributed by atoms with van der Waals surface area (Å²) in [5, 5.41) is -1.06. The molecule has 0 aromatic heterocycles. The molecule has 0 unspecified atom stereocenters. The molecule has 0 aliphatic rings. The first-order valence-electron chi connectivity index (χ1n) is 7.44. The first kappa shape index (κ1) is 17.2. The molecule has 2 rings (SSSR count). The summed E-state index contributed by atoms with van der Waals surface area (Å²) in [6.07, 6.45) is 0. The molecule has 23 heavy (non-hydrogen) atoms. The highest BCUT2D eigenvalue weighted by molar-refractivity contribution is 7.92. The molecule has 0 aliphatic heterocycles. The molecule has 2 aromatic carbocycles. The highest BCUT2D eigenvalue weighted by atomic mass is 32.2. The number of carbonyl (C=O) groups is 1. The van der Waals surface area contributed by atoms with E-state index in [9.17, 15) is 13.2 Å². The summed E-state index contributed by atoms with van der Waals surface area (Å²) in [5.74, 6) is -0.510. The average molecular weight is 331 g/mol. The van der Waals surface area contributed by atoms with Crippen molar-refractivity contribution in [2.24, 2.45) is 0 Å². The molecule has 0 aliphatic carbocycles. The summed E-state index contributed by atoms with van der Waals surface area (Å²) >= 11 is 0. The first-order chi connectivity index (χ1) is 10.9. The minimum Gasteiger partial charge on any atom is -0.340 e. The lowest BCUT2D eigenvalue weighted by molar-refractivity contribution is -0.129. The number of nitrogens with zero attached hydrogens (tertiary/aromatic N) is 1. The third kappa shape index (κ3) is 4.66. The molecular weight excluding hydrogens is 310 g/mol. The lowest BCUT2D eigenvalue weighted by Crippen LogP contribution is -2.39. The van der Waals surface area contributed by atoms with E-state index in [-0.39, 0.29) is 11.7 Å². The Morgan fingerprint density at radius 1 is 0.957 bits per heavy atom. The van der Waals surface area contributed by atoms with Crippen LogP contribution in [0, 0.1) is 0 Å². The van der Waals surface area contributed by atoms with Gasteiger partial charge in [0, 0.05) is 13.6 Å². The van der Waals surface area contributed by atoms with Gasteiger partial charge in [0.15, 0.2) is 9.84 Å². The Hall–Kier alpha value is -2.14. The van der Waals surface area contributed by atoms with Crippen molar-refractivity contribution in [3.05, 3.63) is 71.8 Å². The van der Waals surface area contributed by atoms with Crippen LogP contribution in [0.3, 0.4) is 0 Å². The summed E-state index contributed by atoms with van der Waals surface area (Å²) in [6.45, 7) is 1.85. The van der Waals surface area contributed by atoms with Gasteiger partial charge in [-0.05, 0) is 18.1 Å². The Labute approximate surface area is 137 Å². The fourth-order valence-corrected chi connectivity index (χ4v) is 3.72. The van der Waals surface area contributed by atoms with Gasteiger partial charge in [-0.3, -0.25) is 4.79 Å². The molecule has 0 bridgehead atoms. The zero-order valence-corrected chi connectivity index (χ0v) is 14.2. The summed E-state index contributed by atoms with van der Waals surface area (Å²) in [4.78, 5) is 13.9. The molecule has 4 nitrogen and oxygen atoms in total. The lowest BCUT2D eigenvalue weighted by Gasteiger charge is -2.21. The summed E-state index contributed by atoms with van der Waals surface area (Å²) in [5.41, 5.74) is 1.66. The van der Waals surface area contributed by atoms with Crippen molar-refractivity contribution in [2.75, 3.05) is 7.05 Å². The van der Waals surface area contributed by atoms with Crippen LogP contribution in [-0.2, 0) is 26.9 Å². The minimum absolute atomic E-state index is 0.125. The average Bonchev–Trinajstić information content (AvgIpc) is 2.55. The molecule has 0 saturated heterocycles. The number of sulfone groups is 1. The van der Waals surface area contributed by atoms with Gasteiger partial charge in [0.2, 0.25) is 5.91 Å². The number of hydrogen-bond acceptors (Lipinski definition) is 3. The third-order valence-corrected chi connectivity index (χ3v) is 5.75. The first-order valence-corrected chi connectivity index (χ1v) is 9.16. The van der Waals surface area contributed by atoms with Gasteiger partial charge in [0.25, 0.3) is 0 Å². The molecule has 1 amide bonds. The van der Waals surface area contributed by atoms with Crippen molar-refractivity contribution in [1.29, 1.82) is 0 Å². The van der Waals surface area contributed by atoms with Crippen molar-refractivity contribution in [3.8, 4) is 0 Å². The fraction of sp³-hybridized carbons (Fsp3) is 0.278. The zero-order chi connectivity index (χ0) is 16.9. The van der Waals surface area contributed by atoms with Crippen molar-refractivity contribution < 1.29 is 13.2 Å². The van der Waals surface area contributed by atoms with E-state index in [4.69, 9.17) is 0 Å². The van der Waals surface area contributed by atoms with Crippen molar-refractivity contribution in [1.82, 2.24) is 4.90 Å². The molecule has 0 N–H and O–H groups in total. The van der Waals surface area contributed by atoms with Gasteiger partial charge in [-0.1, -0.05) is 60.7 Å². The van der Waals surface area contributed by atoms with E-state index >= 15 is 0 Å². The monoisotopic (exact) mass is 331 g/mol. The van der Waals surface area contributed by atoms with E-state index in [1.165, 1.54) is 11.8 Å². The molecule has 0 fully saturated rings. The van der Waals surface area contributed by atoms with Gasteiger partial charge in [0.1, 0.15) is 5.25 Å². The summed E-state index contributed by atoms with van der Waals surface area (Å²) in [7, 11) is -1.91. The maximum atomic E-state index is 12.5. The molecule has 2 aromatic rings. The van der Waals surface area contributed by atoms with Crippen LogP contribution >= 0.6 is 0 Å². The number of amides is 1. The van der Waals surface area contributed by atoms with Crippen LogP contribution in [0.4, 0.5) is 0 Å². The molecule has 122 valence electrons. The van der Waals surface area contributed by atoms with Gasteiger partial charge < -0.3 is 4.90 Å². The van der Waals surface area contributed by atoms with Crippen LogP contribution in [0.2, 0.25) is 0 Å². The molecule has 0 saturated carbocycles. The van der Waals surface area contributed by atoms with E-state index in [2.05, 4.69) is 0 Å². The Morgan fingerprint density at radius 3 is 1.96 bits per heavy atom. The van der Waals surface area contributed by atoms with Gasteiger partial charge in [0.05, 0.1) is 5.75 Å². The van der Waals surface area contributed by atoms with E-state index in [1.807, 2.05) is 36.4 Å². The fourth-order valence-electron chi connectivity index (χ4n) is 2.33. The topological polar surface area (TPSA) is 54.5 Å². The Morgan fingerprint density at radius 2 is 1.43 bits per heavy atom.